The second-order valence-electron chi connectivity index (χ2n) is 18.4. The highest BCUT2D eigenvalue weighted by Crippen LogP contribution is 2.45. The lowest BCUT2D eigenvalue weighted by Crippen LogP contribution is -2.16. The number of fused-ring (bicyclic) bond motifs is 8. The number of rotatable bonds is 6. The molecule has 0 fully saturated rings. The predicted molar refractivity (Wildman–Crippen MR) is 251 cm³/mol. The second-order valence-corrected chi connectivity index (χ2v) is 18.4. The third-order valence-corrected chi connectivity index (χ3v) is 12.8. The van der Waals surface area contributed by atoms with Crippen LogP contribution in [0.1, 0.15) is 158 Å². The van der Waals surface area contributed by atoms with Crippen LogP contribution in [-0.2, 0) is 23.7 Å². The van der Waals surface area contributed by atoms with E-state index in [1.54, 1.807) is 0 Å². The van der Waals surface area contributed by atoms with Crippen molar-refractivity contribution in [2.75, 3.05) is 0 Å². The van der Waals surface area contributed by atoms with Gasteiger partial charge in [-0.25, -0.2) is 9.97 Å². The summed E-state index contributed by atoms with van der Waals surface area (Å²) >= 11 is 0. The minimum Gasteiger partial charge on any atom is -0.354 e. The van der Waals surface area contributed by atoms with Crippen LogP contribution in [0.25, 0.3) is 66.6 Å². The number of benzene rings is 2. The molecule has 4 nitrogen and oxygen atoms in total. The van der Waals surface area contributed by atoms with Crippen LogP contribution in [0.3, 0.4) is 0 Å². The van der Waals surface area contributed by atoms with Gasteiger partial charge in [0.15, 0.2) is 0 Å². The Morgan fingerprint density at radius 2 is 0.983 bits per heavy atom. The van der Waals surface area contributed by atoms with Crippen LogP contribution in [0.5, 0.6) is 0 Å². The standard InChI is InChI=1S/C54H62N4/c1-16-34-21-23-35(24-22-34)47-49-30(6)39(17-2)43(55-49)28-45-41(19-4)32(8)51(57-45)48(36-25-37(53(10,11)12)27-38(26-36)54(13,14)15)52-33(9)42(20-5)46(58-52)29-44-40(18-3)31(7)50(47)56-44/h1,21-29,57-58H,17-20H2,2-15H3. The molecule has 58 heavy (non-hydrogen) atoms. The number of terminal acetylenes is 1. The predicted octanol–water partition coefficient (Wildman–Crippen LogP) is 14.6. The molecular formula is C54H62N4. The van der Waals surface area contributed by atoms with Crippen molar-refractivity contribution in [1.82, 2.24) is 19.9 Å². The van der Waals surface area contributed by atoms with Crippen molar-refractivity contribution in [1.29, 1.82) is 0 Å². The van der Waals surface area contributed by atoms with Crippen LogP contribution in [0, 0.1) is 26.2 Å². The molecule has 2 aliphatic heterocycles. The lowest BCUT2D eigenvalue weighted by atomic mass is 9.78. The first-order chi connectivity index (χ1) is 27.4. The SMILES string of the molecule is C#Cc1ccc(-c2c3nc(cc4[nH]c(c(C)c4CC)c(-c4cc(C(C)(C)C)cc(C(C)(C)C)c4)c4[nH]c(cc5nc2C(C)=C5CC)c(CC)c4C)C(CC)=C3C)cc1. The molecule has 4 heteroatoms. The molecule has 2 aliphatic rings. The molecule has 0 unspecified atom stereocenters. The van der Waals surface area contributed by atoms with E-state index >= 15 is 0 Å². The monoisotopic (exact) mass is 766 g/mol. The number of aromatic nitrogens is 4. The number of hydrogen-bond acceptors (Lipinski definition) is 2. The van der Waals surface area contributed by atoms with Crippen LogP contribution >= 0.6 is 0 Å². The van der Waals surface area contributed by atoms with Crippen molar-refractivity contribution in [3.8, 4) is 34.6 Å². The summed E-state index contributed by atoms with van der Waals surface area (Å²) in [4.78, 5) is 19.3. The van der Waals surface area contributed by atoms with E-state index in [0.717, 1.165) is 87.2 Å². The summed E-state index contributed by atoms with van der Waals surface area (Å²) in [6.07, 6.45) is 9.35. The van der Waals surface area contributed by atoms with Crippen LogP contribution in [-0.4, -0.2) is 19.9 Å². The molecule has 0 spiro atoms. The zero-order valence-electron chi connectivity index (χ0n) is 37.5. The Hall–Kier alpha value is -5.40. The Labute approximate surface area is 347 Å². The topological polar surface area (TPSA) is 57.4 Å². The lowest BCUT2D eigenvalue weighted by Gasteiger charge is -2.26. The van der Waals surface area contributed by atoms with E-state index in [0.29, 0.717) is 0 Å². The summed E-state index contributed by atoms with van der Waals surface area (Å²) in [5.74, 6) is 2.80. The van der Waals surface area contributed by atoms with Gasteiger partial charge in [-0.05, 0) is 155 Å². The fraction of sp³-hybridized carbons (Fsp3) is 0.370. The molecule has 3 aromatic heterocycles. The van der Waals surface area contributed by atoms with Crippen molar-refractivity contribution in [2.45, 2.75) is 133 Å². The minimum absolute atomic E-state index is 0.0319. The highest BCUT2D eigenvalue weighted by Gasteiger charge is 2.28. The summed E-state index contributed by atoms with van der Waals surface area (Å²) in [7, 11) is 0. The van der Waals surface area contributed by atoms with E-state index in [2.05, 4.69) is 155 Å². The normalized spacial score (nSPS) is 13.5. The molecule has 7 rings (SSSR count). The molecule has 0 atom stereocenters. The van der Waals surface area contributed by atoms with Crippen molar-refractivity contribution in [3.05, 3.63) is 116 Å². The van der Waals surface area contributed by atoms with Gasteiger partial charge >= 0.3 is 0 Å². The number of H-pyrrole nitrogens is 2. The molecule has 2 N–H and O–H groups in total. The average Bonchev–Trinajstić information content (AvgIpc) is 3.87. The Balaban J connectivity index is 1.77. The first-order valence-corrected chi connectivity index (χ1v) is 21.4. The summed E-state index contributed by atoms with van der Waals surface area (Å²) in [5, 5.41) is 0. The van der Waals surface area contributed by atoms with Gasteiger partial charge in [0.1, 0.15) is 0 Å². The van der Waals surface area contributed by atoms with Gasteiger partial charge in [0.2, 0.25) is 0 Å². The molecule has 5 aromatic rings. The molecule has 0 radical (unpaired) electrons. The fourth-order valence-electron chi connectivity index (χ4n) is 9.25. The van der Waals surface area contributed by atoms with Crippen LogP contribution in [0.2, 0.25) is 0 Å². The fourth-order valence-corrected chi connectivity index (χ4v) is 9.25. The molecule has 0 saturated heterocycles. The summed E-state index contributed by atoms with van der Waals surface area (Å²) in [6.45, 7) is 32.0. The van der Waals surface area contributed by atoms with Gasteiger partial charge in [-0.1, -0.05) is 105 Å². The molecule has 2 aromatic carbocycles. The molecular weight excluding hydrogens is 705 g/mol. The summed E-state index contributed by atoms with van der Waals surface area (Å²) in [6, 6.07) is 20.3. The Kier molecular flexibility index (Phi) is 10.6. The largest absolute Gasteiger partial charge is 0.354 e. The summed E-state index contributed by atoms with van der Waals surface area (Å²) < 4.78 is 0. The number of aryl methyl sites for hydroxylation is 4. The number of hydrogen-bond donors (Lipinski definition) is 2. The van der Waals surface area contributed by atoms with Crippen LogP contribution in [0.4, 0.5) is 0 Å². The third kappa shape index (κ3) is 6.87. The number of nitrogens with zero attached hydrogens (tertiary/aromatic N) is 2. The quantitative estimate of drug-likeness (QED) is 0.169. The first-order valence-electron chi connectivity index (χ1n) is 21.4. The molecule has 8 bridgehead atoms. The average molecular weight is 767 g/mol. The van der Waals surface area contributed by atoms with Gasteiger partial charge in [0.05, 0.1) is 33.8 Å². The first kappa shape index (κ1) is 40.8. The molecule has 0 saturated carbocycles. The van der Waals surface area contributed by atoms with Gasteiger partial charge in [-0.3, -0.25) is 0 Å². The zero-order chi connectivity index (χ0) is 42.0. The van der Waals surface area contributed by atoms with Crippen LogP contribution in [0.15, 0.2) is 54.6 Å². The number of nitrogens with one attached hydrogen (secondary N) is 2. The third-order valence-electron chi connectivity index (χ3n) is 12.8. The maximum absolute atomic E-state index is 5.83. The van der Waals surface area contributed by atoms with E-state index in [4.69, 9.17) is 16.4 Å². The molecule has 298 valence electrons. The molecule has 5 heterocycles. The van der Waals surface area contributed by atoms with E-state index in [-0.39, 0.29) is 10.8 Å². The van der Waals surface area contributed by atoms with Gasteiger partial charge in [0, 0.05) is 27.7 Å². The smallest absolute Gasteiger partial charge is 0.0769 e. The number of allylic oxidation sites excluding steroid dienone is 4. The minimum atomic E-state index is -0.0319. The zero-order valence-corrected chi connectivity index (χ0v) is 37.5. The lowest BCUT2D eigenvalue weighted by molar-refractivity contribution is 0.569. The maximum Gasteiger partial charge on any atom is 0.0769 e. The maximum atomic E-state index is 5.83. The van der Waals surface area contributed by atoms with Gasteiger partial charge in [-0.2, -0.15) is 0 Å². The Morgan fingerprint density at radius 1 is 0.552 bits per heavy atom. The Bertz CT molecular complexity index is 2600. The van der Waals surface area contributed by atoms with Gasteiger partial charge < -0.3 is 9.97 Å². The highest BCUT2D eigenvalue weighted by molar-refractivity contribution is 6.03. The van der Waals surface area contributed by atoms with E-state index in [1.165, 1.54) is 66.8 Å². The van der Waals surface area contributed by atoms with E-state index < -0.39 is 0 Å². The van der Waals surface area contributed by atoms with E-state index in [9.17, 15) is 0 Å². The van der Waals surface area contributed by atoms with Gasteiger partial charge in [-0.15, -0.1) is 6.42 Å². The Morgan fingerprint density at radius 3 is 1.34 bits per heavy atom. The summed E-state index contributed by atoms with van der Waals surface area (Å²) in [5.41, 5.74) is 26.6. The highest BCUT2D eigenvalue weighted by atomic mass is 14.8. The van der Waals surface area contributed by atoms with Crippen molar-refractivity contribution in [2.24, 2.45) is 0 Å². The van der Waals surface area contributed by atoms with Crippen molar-refractivity contribution >= 4 is 44.4 Å². The van der Waals surface area contributed by atoms with E-state index in [1.807, 2.05) is 12.1 Å². The molecule has 0 aliphatic carbocycles. The van der Waals surface area contributed by atoms with Crippen molar-refractivity contribution < 1.29 is 0 Å². The molecule has 0 amide bonds. The number of aromatic amines is 2. The van der Waals surface area contributed by atoms with Crippen molar-refractivity contribution in [3.63, 3.8) is 0 Å². The van der Waals surface area contributed by atoms with Gasteiger partial charge in [0.25, 0.3) is 0 Å². The second kappa shape index (κ2) is 15.1. The van der Waals surface area contributed by atoms with Crippen LogP contribution < -0.4 is 0 Å².